The number of hydrogen-bond acceptors (Lipinski definition) is 3. The van der Waals surface area contributed by atoms with E-state index in [4.69, 9.17) is 5.26 Å². The van der Waals surface area contributed by atoms with Gasteiger partial charge in [0.25, 0.3) is 0 Å². The van der Waals surface area contributed by atoms with Crippen LogP contribution in [0.4, 0.5) is 0 Å². The first-order chi connectivity index (χ1) is 13.7. The number of amides is 1. The van der Waals surface area contributed by atoms with Crippen molar-refractivity contribution >= 4 is 5.91 Å². The third-order valence-corrected chi connectivity index (χ3v) is 6.55. The molecule has 1 rings (SSSR count). The van der Waals surface area contributed by atoms with Gasteiger partial charge in [0.2, 0.25) is 5.91 Å². The Bertz CT molecular complexity index is 489. The normalized spacial score (nSPS) is 19.0. The first-order valence-corrected chi connectivity index (χ1v) is 12.2. The molecule has 1 N–H and O–H groups in total. The van der Waals surface area contributed by atoms with E-state index in [2.05, 4.69) is 50.9 Å². The zero-order valence-corrected chi connectivity index (χ0v) is 20.0. The number of unbranched alkanes of at least 4 members (excludes halogenated alkanes) is 10. The van der Waals surface area contributed by atoms with Gasteiger partial charge in [0.15, 0.2) is 0 Å². The summed E-state index contributed by atoms with van der Waals surface area (Å²) < 4.78 is 0. The predicted molar refractivity (Wildman–Crippen MR) is 123 cm³/mol. The van der Waals surface area contributed by atoms with Crippen molar-refractivity contribution in [3.63, 3.8) is 0 Å². The molecule has 0 atom stereocenters. The molecular weight excluding hydrogens is 358 g/mol. The Hall–Kier alpha value is -1.08. The van der Waals surface area contributed by atoms with Crippen LogP contribution in [0.25, 0.3) is 0 Å². The Morgan fingerprint density at radius 3 is 1.79 bits per heavy atom. The molecule has 0 aromatic carbocycles. The van der Waals surface area contributed by atoms with E-state index in [1.165, 1.54) is 64.2 Å². The molecule has 1 heterocycles. The van der Waals surface area contributed by atoms with Crippen LogP contribution in [0.3, 0.4) is 0 Å². The SMILES string of the molecule is CCCCCCCCCCCCCC(=O)NC1CC(C)(C)N(CC#N)C(C)(C)C1. The highest BCUT2D eigenvalue weighted by Crippen LogP contribution is 2.38. The summed E-state index contributed by atoms with van der Waals surface area (Å²) in [5, 5.41) is 12.4. The molecule has 0 spiro atoms. The van der Waals surface area contributed by atoms with Crippen molar-refractivity contribution in [1.82, 2.24) is 10.2 Å². The lowest BCUT2D eigenvalue weighted by molar-refractivity contribution is -0.123. The molecule has 1 aliphatic rings. The Labute approximate surface area is 180 Å². The molecule has 4 nitrogen and oxygen atoms in total. The van der Waals surface area contributed by atoms with Crippen LogP contribution in [0, 0.1) is 11.3 Å². The van der Waals surface area contributed by atoms with Gasteiger partial charge in [-0.05, 0) is 47.0 Å². The number of piperidine rings is 1. The van der Waals surface area contributed by atoms with Crippen molar-refractivity contribution in [3.8, 4) is 6.07 Å². The molecule has 0 radical (unpaired) electrons. The van der Waals surface area contributed by atoms with Crippen LogP contribution < -0.4 is 5.32 Å². The average Bonchev–Trinajstić information content (AvgIpc) is 2.62. The molecule has 0 aromatic rings. The van der Waals surface area contributed by atoms with E-state index in [0.717, 1.165) is 19.3 Å². The Morgan fingerprint density at radius 2 is 1.34 bits per heavy atom. The second-order valence-corrected chi connectivity index (χ2v) is 10.3. The molecule has 0 aromatic heterocycles. The van der Waals surface area contributed by atoms with Gasteiger partial charge in [-0.15, -0.1) is 0 Å². The van der Waals surface area contributed by atoms with Crippen LogP contribution in [-0.4, -0.2) is 34.5 Å². The van der Waals surface area contributed by atoms with Crippen molar-refractivity contribution in [3.05, 3.63) is 0 Å². The number of nitriles is 1. The molecule has 0 unspecified atom stereocenters. The van der Waals surface area contributed by atoms with Gasteiger partial charge in [0.05, 0.1) is 12.6 Å². The molecule has 1 fully saturated rings. The van der Waals surface area contributed by atoms with Gasteiger partial charge < -0.3 is 5.32 Å². The minimum absolute atomic E-state index is 0.0774. The summed E-state index contributed by atoms with van der Waals surface area (Å²) in [4.78, 5) is 14.7. The molecule has 1 saturated heterocycles. The van der Waals surface area contributed by atoms with Crippen molar-refractivity contribution in [2.75, 3.05) is 6.54 Å². The molecule has 0 saturated carbocycles. The molecule has 168 valence electrons. The minimum Gasteiger partial charge on any atom is -0.353 e. The lowest BCUT2D eigenvalue weighted by Crippen LogP contribution is -2.64. The molecule has 29 heavy (non-hydrogen) atoms. The number of hydrogen-bond donors (Lipinski definition) is 1. The van der Waals surface area contributed by atoms with Crippen LogP contribution in [0.2, 0.25) is 0 Å². The Kier molecular flexibility index (Phi) is 11.9. The van der Waals surface area contributed by atoms with Crippen molar-refractivity contribution < 1.29 is 4.79 Å². The monoisotopic (exact) mass is 405 g/mol. The highest BCUT2D eigenvalue weighted by atomic mass is 16.1. The van der Waals surface area contributed by atoms with E-state index in [-0.39, 0.29) is 23.0 Å². The molecule has 1 aliphatic heterocycles. The van der Waals surface area contributed by atoms with Gasteiger partial charge in [-0.25, -0.2) is 0 Å². The van der Waals surface area contributed by atoms with Gasteiger partial charge in [-0.3, -0.25) is 9.69 Å². The summed E-state index contributed by atoms with van der Waals surface area (Å²) in [6, 6.07) is 2.51. The van der Waals surface area contributed by atoms with E-state index in [9.17, 15) is 4.79 Å². The molecular formula is C25H47N3O. The summed E-state index contributed by atoms with van der Waals surface area (Å²) in [6.45, 7) is 11.5. The van der Waals surface area contributed by atoms with E-state index in [1.807, 2.05) is 0 Å². The van der Waals surface area contributed by atoms with Crippen molar-refractivity contribution in [2.24, 2.45) is 0 Å². The number of nitrogens with zero attached hydrogens (tertiary/aromatic N) is 2. The molecule has 0 aliphatic carbocycles. The van der Waals surface area contributed by atoms with Crippen LogP contribution in [0.15, 0.2) is 0 Å². The average molecular weight is 406 g/mol. The maximum Gasteiger partial charge on any atom is 0.220 e. The zero-order valence-electron chi connectivity index (χ0n) is 20.0. The molecule has 0 bridgehead atoms. The number of rotatable bonds is 14. The summed E-state index contributed by atoms with van der Waals surface area (Å²) in [6.07, 6.45) is 16.8. The fraction of sp³-hybridized carbons (Fsp3) is 0.920. The highest BCUT2D eigenvalue weighted by Gasteiger charge is 2.45. The first kappa shape index (κ1) is 26.0. The van der Waals surface area contributed by atoms with Gasteiger partial charge in [0.1, 0.15) is 0 Å². The van der Waals surface area contributed by atoms with E-state index >= 15 is 0 Å². The van der Waals surface area contributed by atoms with Crippen molar-refractivity contribution in [1.29, 1.82) is 5.26 Å². The predicted octanol–water partition coefficient (Wildman–Crippen LogP) is 6.35. The summed E-state index contributed by atoms with van der Waals surface area (Å²) in [5.41, 5.74) is -0.155. The quantitative estimate of drug-likeness (QED) is 0.271. The lowest BCUT2D eigenvalue weighted by atomic mass is 9.77. The second kappa shape index (κ2) is 13.3. The van der Waals surface area contributed by atoms with Crippen LogP contribution in [-0.2, 0) is 4.79 Å². The maximum absolute atomic E-state index is 12.4. The Balaban J connectivity index is 2.17. The van der Waals surface area contributed by atoms with Gasteiger partial charge in [-0.1, -0.05) is 71.1 Å². The van der Waals surface area contributed by atoms with E-state index in [1.54, 1.807) is 0 Å². The van der Waals surface area contributed by atoms with Crippen LogP contribution >= 0.6 is 0 Å². The number of carbonyl (C=O) groups is 1. The van der Waals surface area contributed by atoms with Gasteiger partial charge in [0, 0.05) is 23.5 Å². The van der Waals surface area contributed by atoms with Crippen LogP contribution in [0.5, 0.6) is 0 Å². The smallest absolute Gasteiger partial charge is 0.220 e. The standard InChI is InChI=1S/C25H47N3O/c1-6-7-8-9-10-11-12-13-14-15-16-17-23(29)27-22-20-24(2,3)28(19-18-26)25(4,5)21-22/h22H,6-17,19-21H2,1-5H3,(H,27,29). The van der Waals surface area contributed by atoms with Gasteiger partial charge >= 0.3 is 0 Å². The fourth-order valence-corrected chi connectivity index (χ4v) is 5.17. The minimum atomic E-state index is -0.0774. The molecule has 4 heteroatoms. The van der Waals surface area contributed by atoms with E-state index in [0.29, 0.717) is 13.0 Å². The maximum atomic E-state index is 12.4. The number of nitrogens with one attached hydrogen (secondary N) is 1. The second-order valence-electron chi connectivity index (χ2n) is 10.3. The molecule has 1 amide bonds. The van der Waals surface area contributed by atoms with Crippen molar-refractivity contribution in [2.45, 2.75) is 142 Å². The summed E-state index contributed by atoms with van der Waals surface area (Å²) >= 11 is 0. The highest BCUT2D eigenvalue weighted by molar-refractivity contribution is 5.76. The lowest BCUT2D eigenvalue weighted by Gasteiger charge is -2.54. The van der Waals surface area contributed by atoms with Gasteiger partial charge in [-0.2, -0.15) is 5.26 Å². The fourth-order valence-electron chi connectivity index (χ4n) is 5.17. The largest absolute Gasteiger partial charge is 0.353 e. The third kappa shape index (κ3) is 9.98. The van der Waals surface area contributed by atoms with E-state index < -0.39 is 0 Å². The Morgan fingerprint density at radius 1 is 0.897 bits per heavy atom. The topological polar surface area (TPSA) is 56.1 Å². The summed E-state index contributed by atoms with van der Waals surface area (Å²) in [5.74, 6) is 0.200. The number of carbonyl (C=O) groups excluding carboxylic acids is 1. The van der Waals surface area contributed by atoms with Crippen LogP contribution in [0.1, 0.15) is 125 Å². The third-order valence-electron chi connectivity index (χ3n) is 6.55. The summed E-state index contributed by atoms with van der Waals surface area (Å²) in [7, 11) is 0. The zero-order chi connectivity index (χ0) is 21.8. The number of likely N-dealkylation sites (tertiary alicyclic amines) is 1. The first-order valence-electron chi connectivity index (χ1n) is 12.2.